The molecule has 25 heavy (non-hydrogen) atoms. The fourth-order valence-corrected chi connectivity index (χ4v) is 3.35. The number of benzene rings is 2. The van der Waals surface area contributed by atoms with E-state index in [1.54, 1.807) is 24.3 Å². The van der Waals surface area contributed by atoms with Crippen LogP contribution in [0.4, 0.5) is 4.39 Å². The number of sulfonamides is 1. The van der Waals surface area contributed by atoms with Crippen LogP contribution in [0.2, 0.25) is 10.0 Å². The molecule has 0 aromatic heterocycles. The van der Waals surface area contributed by atoms with E-state index in [0.717, 1.165) is 18.2 Å². The molecule has 2 aromatic carbocycles. The predicted molar refractivity (Wildman–Crippen MR) is 92.5 cm³/mol. The summed E-state index contributed by atoms with van der Waals surface area (Å²) in [6.07, 6.45) is -0.168. The summed E-state index contributed by atoms with van der Waals surface area (Å²) < 4.78 is 44.4. The van der Waals surface area contributed by atoms with Gasteiger partial charge in [-0.3, -0.25) is 4.79 Å². The minimum Gasteiger partial charge on any atom is -0.461 e. The van der Waals surface area contributed by atoms with Gasteiger partial charge < -0.3 is 4.74 Å². The lowest BCUT2D eigenvalue weighted by atomic mass is 10.2. The fraction of sp³-hybridized carbons (Fsp3) is 0.188. The number of carbonyl (C=O) groups excluding carboxylic acids is 1. The van der Waals surface area contributed by atoms with Crippen LogP contribution in [0.15, 0.2) is 47.4 Å². The first-order valence-electron chi connectivity index (χ1n) is 7.13. The molecular weight excluding hydrogens is 392 g/mol. The molecule has 0 saturated heterocycles. The van der Waals surface area contributed by atoms with Crippen LogP contribution in [0.25, 0.3) is 0 Å². The minimum absolute atomic E-state index is 0.00116. The second kappa shape index (κ2) is 8.62. The van der Waals surface area contributed by atoms with Crippen molar-refractivity contribution in [2.75, 3.05) is 6.54 Å². The van der Waals surface area contributed by atoms with E-state index in [1.807, 2.05) is 0 Å². The van der Waals surface area contributed by atoms with Crippen LogP contribution in [-0.4, -0.2) is 20.9 Å². The molecule has 0 aliphatic heterocycles. The molecule has 134 valence electrons. The summed E-state index contributed by atoms with van der Waals surface area (Å²) in [4.78, 5) is 11.5. The molecule has 0 radical (unpaired) electrons. The van der Waals surface area contributed by atoms with Crippen molar-refractivity contribution in [3.05, 3.63) is 63.9 Å². The van der Waals surface area contributed by atoms with Gasteiger partial charge in [-0.25, -0.2) is 17.5 Å². The molecule has 5 nitrogen and oxygen atoms in total. The zero-order chi connectivity index (χ0) is 18.4. The number of ether oxygens (including phenoxy) is 1. The number of hydrogen-bond donors (Lipinski definition) is 1. The zero-order valence-corrected chi connectivity index (χ0v) is 15.2. The van der Waals surface area contributed by atoms with E-state index in [4.69, 9.17) is 27.9 Å². The highest BCUT2D eigenvalue weighted by Crippen LogP contribution is 2.19. The third-order valence-electron chi connectivity index (χ3n) is 3.17. The third kappa shape index (κ3) is 5.67. The van der Waals surface area contributed by atoms with E-state index in [0.29, 0.717) is 10.6 Å². The standard InChI is InChI=1S/C16H14Cl2FNO4S/c17-13-4-2-1-3-11(13)10-24-16(21)7-8-20-25(22,23)12-5-6-15(19)14(18)9-12/h1-6,9,20H,7-8,10H2. The molecule has 0 spiro atoms. The molecule has 0 fully saturated rings. The van der Waals surface area contributed by atoms with Crippen molar-refractivity contribution in [2.45, 2.75) is 17.9 Å². The van der Waals surface area contributed by atoms with Crippen LogP contribution >= 0.6 is 23.2 Å². The maximum absolute atomic E-state index is 13.1. The maximum atomic E-state index is 13.1. The normalized spacial score (nSPS) is 11.3. The molecule has 2 rings (SSSR count). The molecule has 0 aliphatic carbocycles. The van der Waals surface area contributed by atoms with Crippen LogP contribution in [0.1, 0.15) is 12.0 Å². The Hall–Kier alpha value is -1.67. The number of halogens is 3. The Labute approximate surface area is 154 Å². The summed E-state index contributed by atoms with van der Waals surface area (Å²) in [7, 11) is -3.90. The van der Waals surface area contributed by atoms with Crippen LogP contribution < -0.4 is 4.72 Å². The van der Waals surface area contributed by atoms with Gasteiger partial charge in [0.25, 0.3) is 0 Å². The van der Waals surface area contributed by atoms with Gasteiger partial charge in [0.05, 0.1) is 16.3 Å². The lowest BCUT2D eigenvalue weighted by Gasteiger charge is -2.08. The van der Waals surface area contributed by atoms with Crippen LogP contribution in [0.3, 0.4) is 0 Å². The molecular formula is C16H14Cl2FNO4S. The van der Waals surface area contributed by atoms with E-state index in [-0.39, 0.29) is 29.5 Å². The van der Waals surface area contributed by atoms with Gasteiger partial charge in [-0.15, -0.1) is 0 Å². The van der Waals surface area contributed by atoms with Gasteiger partial charge in [0.1, 0.15) is 12.4 Å². The Balaban J connectivity index is 1.84. The summed E-state index contributed by atoms with van der Waals surface area (Å²) in [6.45, 7) is -0.169. The van der Waals surface area contributed by atoms with Crippen molar-refractivity contribution >= 4 is 39.2 Å². The van der Waals surface area contributed by atoms with E-state index in [2.05, 4.69) is 4.72 Å². The van der Waals surface area contributed by atoms with Crippen LogP contribution in [-0.2, 0) is 26.2 Å². The van der Waals surface area contributed by atoms with E-state index in [9.17, 15) is 17.6 Å². The van der Waals surface area contributed by atoms with E-state index >= 15 is 0 Å². The van der Waals surface area contributed by atoms with Gasteiger partial charge in [-0.1, -0.05) is 41.4 Å². The number of rotatable bonds is 7. The smallest absolute Gasteiger partial charge is 0.307 e. The van der Waals surface area contributed by atoms with Crippen molar-refractivity contribution in [1.82, 2.24) is 4.72 Å². The number of nitrogens with one attached hydrogen (secondary N) is 1. The highest BCUT2D eigenvalue weighted by Gasteiger charge is 2.16. The Kier molecular flexibility index (Phi) is 6.78. The molecule has 0 bridgehead atoms. The van der Waals surface area contributed by atoms with Crippen molar-refractivity contribution in [2.24, 2.45) is 0 Å². The second-order valence-electron chi connectivity index (χ2n) is 4.98. The SMILES string of the molecule is O=C(CCNS(=O)(=O)c1ccc(F)c(Cl)c1)OCc1ccccc1Cl. The van der Waals surface area contributed by atoms with E-state index in [1.165, 1.54) is 0 Å². The lowest BCUT2D eigenvalue weighted by molar-refractivity contribution is -0.144. The lowest BCUT2D eigenvalue weighted by Crippen LogP contribution is -2.26. The fourth-order valence-electron chi connectivity index (χ4n) is 1.86. The largest absolute Gasteiger partial charge is 0.461 e. The summed E-state index contributed by atoms with van der Waals surface area (Å²) in [5.74, 6) is -1.30. The van der Waals surface area contributed by atoms with Gasteiger partial charge in [-0.2, -0.15) is 0 Å². The highest BCUT2D eigenvalue weighted by atomic mass is 35.5. The molecule has 0 atom stereocenters. The molecule has 0 aliphatic rings. The van der Waals surface area contributed by atoms with Crippen molar-refractivity contribution in [3.63, 3.8) is 0 Å². The zero-order valence-electron chi connectivity index (χ0n) is 12.8. The summed E-state index contributed by atoms with van der Waals surface area (Å²) in [5, 5.41) is 0.172. The second-order valence-corrected chi connectivity index (χ2v) is 7.56. The Morgan fingerprint density at radius 1 is 1.12 bits per heavy atom. The first-order valence-corrected chi connectivity index (χ1v) is 9.37. The average Bonchev–Trinajstić information content (AvgIpc) is 2.56. The summed E-state index contributed by atoms with van der Waals surface area (Å²) in [5.41, 5.74) is 0.652. The quantitative estimate of drug-likeness (QED) is 0.714. The van der Waals surface area contributed by atoms with Crippen molar-refractivity contribution in [3.8, 4) is 0 Å². The summed E-state index contributed by atoms with van der Waals surface area (Å²) in [6, 6.07) is 9.94. The third-order valence-corrected chi connectivity index (χ3v) is 5.29. The topological polar surface area (TPSA) is 72.5 Å². The van der Waals surface area contributed by atoms with Crippen LogP contribution in [0, 0.1) is 5.82 Å². The Morgan fingerprint density at radius 3 is 2.52 bits per heavy atom. The van der Waals surface area contributed by atoms with Gasteiger partial charge in [0, 0.05) is 17.1 Å². The van der Waals surface area contributed by atoms with E-state index < -0.39 is 21.8 Å². The van der Waals surface area contributed by atoms with Gasteiger partial charge in [0.2, 0.25) is 10.0 Å². The monoisotopic (exact) mass is 405 g/mol. The Bertz CT molecular complexity index is 874. The van der Waals surface area contributed by atoms with Gasteiger partial charge in [0.15, 0.2) is 0 Å². The van der Waals surface area contributed by atoms with Crippen molar-refractivity contribution in [1.29, 1.82) is 0 Å². The molecule has 0 saturated carbocycles. The van der Waals surface area contributed by atoms with Gasteiger partial charge >= 0.3 is 5.97 Å². The maximum Gasteiger partial charge on any atom is 0.307 e. The number of hydrogen-bond acceptors (Lipinski definition) is 4. The summed E-state index contributed by atoms with van der Waals surface area (Å²) >= 11 is 11.5. The molecule has 0 amide bonds. The predicted octanol–water partition coefficient (Wildman–Crippen LogP) is 3.54. The van der Waals surface area contributed by atoms with Crippen molar-refractivity contribution < 1.29 is 22.3 Å². The first kappa shape index (κ1) is 19.7. The first-order chi connectivity index (χ1) is 11.8. The average molecular weight is 406 g/mol. The number of esters is 1. The molecule has 2 aromatic rings. The molecule has 1 N–H and O–H groups in total. The highest BCUT2D eigenvalue weighted by molar-refractivity contribution is 7.89. The minimum atomic E-state index is -3.90. The number of carbonyl (C=O) groups is 1. The molecule has 0 heterocycles. The molecule has 0 unspecified atom stereocenters. The van der Waals surface area contributed by atoms with Gasteiger partial charge in [-0.05, 0) is 24.3 Å². The molecule has 9 heteroatoms. The Morgan fingerprint density at radius 2 is 1.84 bits per heavy atom. The van der Waals surface area contributed by atoms with Crippen LogP contribution in [0.5, 0.6) is 0 Å².